The summed E-state index contributed by atoms with van der Waals surface area (Å²) in [6, 6.07) is 0. The van der Waals surface area contributed by atoms with E-state index in [4.69, 9.17) is 0 Å². The lowest BCUT2D eigenvalue weighted by atomic mass is 10.2. The minimum atomic E-state index is 0. The summed E-state index contributed by atoms with van der Waals surface area (Å²) >= 11 is 0. The van der Waals surface area contributed by atoms with Crippen LogP contribution in [-0.4, -0.2) is 6.16 Å². The average Bonchev–Trinajstić information content (AvgIpc) is 2.76. The van der Waals surface area contributed by atoms with E-state index in [1.807, 2.05) is 9.24 Å². The summed E-state index contributed by atoms with van der Waals surface area (Å²) in [7, 11) is 2.05. The van der Waals surface area contributed by atoms with Crippen LogP contribution in [0.4, 0.5) is 0 Å². The molecule has 0 bridgehead atoms. The lowest BCUT2D eigenvalue weighted by Gasteiger charge is -1.82. The van der Waals surface area contributed by atoms with E-state index in [9.17, 15) is 0 Å². The van der Waals surface area contributed by atoms with Gasteiger partial charge in [-0.1, -0.05) is 46.0 Å². The van der Waals surface area contributed by atoms with E-state index >= 15 is 0 Å². The van der Waals surface area contributed by atoms with E-state index in [2.05, 4.69) is 13.8 Å². The van der Waals surface area contributed by atoms with Gasteiger partial charge >= 0.3 is 0 Å². The number of halogens is 2. The van der Waals surface area contributed by atoms with Gasteiger partial charge in [0.25, 0.3) is 0 Å². The molecule has 1 aliphatic rings. The average molecular weight is 248 g/mol. The maximum atomic E-state index is 2.26. The summed E-state index contributed by atoms with van der Waals surface area (Å²) in [5, 5.41) is 0. The van der Waals surface area contributed by atoms with Crippen molar-refractivity contribution in [2.45, 2.75) is 52.4 Å². The Morgan fingerprint density at radius 1 is 1.08 bits per heavy atom. The smallest absolute Gasteiger partial charge is 0.0526 e. The first kappa shape index (κ1) is 19.6. The fraction of sp³-hybridized carbons (Fsp3) is 1.00. The molecular formula is C10H26Cl2P+. The topological polar surface area (TPSA) is 0 Å². The first-order valence-electron chi connectivity index (χ1n) is 5.14. The van der Waals surface area contributed by atoms with Gasteiger partial charge in [-0.25, -0.2) is 0 Å². The van der Waals surface area contributed by atoms with Crippen LogP contribution < -0.4 is 0 Å². The van der Waals surface area contributed by atoms with Crippen molar-refractivity contribution >= 4 is 34.1 Å². The van der Waals surface area contributed by atoms with Crippen molar-refractivity contribution in [3.05, 3.63) is 0 Å². The summed E-state index contributed by atoms with van der Waals surface area (Å²) in [5.41, 5.74) is 0. The molecule has 13 heavy (non-hydrogen) atoms. The second-order valence-corrected chi connectivity index (χ2v) is 4.15. The zero-order chi connectivity index (χ0) is 8.53. The lowest BCUT2D eigenvalue weighted by molar-refractivity contribution is 0.708. The zero-order valence-electron chi connectivity index (χ0n) is 9.05. The Morgan fingerprint density at radius 2 is 1.62 bits per heavy atom. The van der Waals surface area contributed by atoms with Crippen molar-refractivity contribution in [1.82, 2.24) is 0 Å². The maximum Gasteiger partial charge on any atom is 0.0526 e. The van der Waals surface area contributed by atoms with Crippen LogP contribution in [0, 0.1) is 5.92 Å². The molecule has 1 rings (SSSR count). The van der Waals surface area contributed by atoms with Crippen LogP contribution in [0.2, 0.25) is 0 Å². The Kier molecular flexibility index (Phi) is 23.3. The second-order valence-electron chi connectivity index (χ2n) is 3.44. The van der Waals surface area contributed by atoms with Gasteiger partial charge in [-0.2, -0.15) is 0 Å². The fourth-order valence-corrected chi connectivity index (χ4v) is 1.56. The molecule has 1 fully saturated rings. The standard InChI is InChI=1S/C6H12.C4H11P.2ClH/c1-2-3-6-4-5-6;1-2-3-4-5;;/h6H,2-5H2,1H3;2-5H2,1H3;2*1H/p+1. The van der Waals surface area contributed by atoms with E-state index < -0.39 is 0 Å². The second kappa shape index (κ2) is 15.5. The molecule has 0 aromatic rings. The summed E-state index contributed by atoms with van der Waals surface area (Å²) in [6.45, 7) is 4.48. The lowest BCUT2D eigenvalue weighted by Crippen LogP contribution is -1.68. The van der Waals surface area contributed by atoms with Crippen LogP contribution in [-0.2, 0) is 0 Å². The van der Waals surface area contributed by atoms with Gasteiger partial charge in [0.1, 0.15) is 0 Å². The first-order chi connectivity index (χ1) is 5.35. The predicted molar refractivity (Wildman–Crippen MR) is 73.0 cm³/mol. The highest BCUT2D eigenvalue weighted by Gasteiger charge is 2.18. The highest BCUT2D eigenvalue weighted by Crippen LogP contribution is 2.32. The van der Waals surface area contributed by atoms with Crippen LogP contribution in [0.15, 0.2) is 0 Å². The van der Waals surface area contributed by atoms with Crippen LogP contribution in [0.3, 0.4) is 0 Å². The van der Waals surface area contributed by atoms with Crippen molar-refractivity contribution in [2.75, 3.05) is 6.16 Å². The van der Waals surface area contributed by atoms with Crippen LogP contribution in [0.25, 0.3) is 0 Å². The Labute approximate surface area is 98.7 Å². The zero-order valence-corrected chi connectivity index (χ0v) is 12.1. The fourth-order valence-electron chi connectivity index (χ4n) is 1.06. The maximum absolute atomic E-state index is 2.26. The minimum Gasteiger partial charge on any atom is -0.147 e. The monoisotopic (exact) mass is 247 g/mol. The molecule has 0 heterocycles. The Balaban J connectivity index is -0.000000136. The van der Waals surface area contributed by atoms with E-state index in [0.29, 0.717) is 0 Å². The van der Waals surface area contributed by atoms with Crippen molar-refractivity contribution in [1.29, 1.82) is 0 Å². The highest BCUT2D eigenvalue weighted by atomic mass is 35.5. The van der Waals surface area contributed by atoms with Gasteiger partial charge in [0.2, 0.25) is 0 Å². The van der Waals surface area contributed by atoms with Gasteiger partial charge in [-0.15, -0.1) is 24.8 Å². The van der Waals surface area contributed by atoms with Gasteiger partial charge in [-0.05, 0) is 21.6 Å². The number of hydrogen-bond donors (Lipinski definition) is 0. The van der Waals surface area contributed by atoms with Crippen molar-refractivity contribution in [3.63, 3.8) is 0 Å². The third-order valence-electron chi connectivity index (χ3n) is 2.00. The molecule has 0 saturated heterocycles. The van der Waals surface area contributed by atoms with Crippen molar-refractivity contribution in [3.8, 4) is 0 Å². The molecule has 1 unspecified atom stereocenters. The predicted octanol–water partition coefficient (Wildman–Crippen LogP) is 4.43. The summed E-state index contributed by atoms with van der Waals surface area (Å²) in [5.74, 6) is 1.15. The Morgan fingerprint density at radius 3 is 1.69 bits per heavy atom. The Bertz CT molecular complexity index is 73.3. The van der Waals surface area contributed by atoms with Gasteiger partial charge in [-0.3, -0.25) is 0 Å². The molecule has 0 amide bonds. The number of rotatable bonds is 4. The SMILES string of the molecule is CCCC1CC1.CCCC[PH3+].Cl.Cl. The van der Waals surface area contributed by atoms with E-state index in [-0.39, 0.29) is 24.8 Å². The normalized spacial score (nSPS) is 13.4. The molecule has 1 aliphatic carbocycles. The molecule has 0 aromatic carbocycles. The highest BCUT2D eigenvalue weighted by molar-refractivity contribution is 7.16. The van der Waals surface area contributed by atoms with Gasteiger partial charge < -0.3 is 0 Å². The summed E-state index contributed by atoms with van der Waals surface area (Å²) in [6.07, 6.45) is 10.0. The largest absolute Gasteiger partial charge is 0.147 e. The van der Waals surface area contributed by atoms with Gasteiger partial charge in [0, 0.05) is 0 Å². The third-order valence-corrected chi connectivity index (χ3v) is 2.50. The van der Waals surface area contributed by atoms with Crippen molar-refractivity contribution in [2.24, 2.45) is 5.92 Å². The van der Waals surface area contributed by atoms with Gasteiger partial charge in [0.05, 0.1) is 6.16 Å². The molecule has 0 spiro atoms. The molecule has 84 valence electrons. The molecule has 0 nitrogen and oxygen atoms in total. The van der Waals surface area contributed by atoms with E-state index in [1.54, 1.807) is 0 Å². The molecule has 3 heteroatoms. The first-order valence-corrected chi connectivity index (χ1v) is 6.14. The quantitative estimate of drug-likeness (QED) is 0.645. The Hall–Kier alpha value is 1.01. The molecule has 0 radical (unpaired) electrons. The van der Waals surface area contributed by atoms with Crippen LogP contribution in [0.5, 0.6) is 0 Å². The third kappa shape index (κ3) is 19.4. The van der Waals surface area contributed by atoms with Gasteiger partial charge in [0.15, 0.2) is 0 Å². The molecular weight excluding hydrogens is 222 g/mol. The molecule has 0 aromatic heterocycles. The molecule has 0 aliphatic heterocycles. The van der Waals surface area contributed by atoms with Crippen LogP contribution >= 0.6 is 34.1 Å². The molecule has 0 N–H and O–H groups in total. The van der Waals surface area contributed by atoms with E-state index in [0.717, 1.165) is 5.92 Å². The van der Waals surface area contributed by atoms with Crippen molar-refractivity contribution < 1.29 is 0 Å². The summed E-state index contributed by atoms with van der Waals surface area (Å²) < 4.78 is 0. The number of unbranched alkanes of at least 4 members (excludes halogenated alkanes) is 1. The molecule has 1 saturated carbocycles. The minimum absolute atomic E-state index is 0. The molecule has 1 atom stereocenters. The number of hydrogen-bond acceptors (Lipinski definition) is 0. The van der Waals surface area contributed by atoms with Crippen LogP contribution in [0.1, 0.15) is 52.4 Å². The van der Waals surface area contributed by atoms with E-state index in [1.165, 1.54) is 44.7 Å². The summed E-state index contributed by atoms with van der Waals surface area (Å²) in [4.78, 5) is 0.